The summed E-state index contributed by atoms with van der Waals surface area (Å²) >= 11 is 5.81. The SMILES string of the molecule is O=C1Nc2ncnc(Nc3ccc(F)c(Cl)c3)c2/C1=C/c1ccc(C(=O)O)[nH]1. The number of carboxylic acid groups (broad SMARTS) is 1. The Morgan fingerprint density at radius 2 is 2.07 bits per heavy atom. The number of nitrogens with one attached hydrogen (secondary N) is 3. The van der Waals surface area contributed by atoms with Crippen molar-refractivity contribution in [3.63, 3.8) is 0 Å². The Morgan fingerprint density at radius 1 is 1.25 bits per heavy atom. The number of carbonyl (C=O) groups excluding carboxylic acids is 1. The molecule has 2 aromatic heterocycles. The van der Waals surface area contributed by atoms with Crippen LogP contribution in [-0.4, -0.2) is 31.9 Å². The van der Waals surface area contributed by atoms with Gasteiger partial charge in [-0.15, -0.1) is 0 Å². The second kappa shape index (κ2) is 6.78. The number of hydrogen-bond donors (Lipinski definition) is 4. The minimum atomic E-state index is -1.11. The molecule has 0 aliphatic carbocycles. The van der Waals surface area contributed by atoms with Crippen molar-refractivity contribution in [3.05, 3.63) is 64.5 Å². The third-order valence-corrected chi connectivity index (χ3v) is 4.30. The topological polar surface area (TPSA) is 120 Å². The van der Waals surface area contributed by atoms with Crippen molar-refractivity contribution in [2.45, 2.75) is 0 Å². The van der Waals surface area contributed by atoms with Crippen LogP contribution in [-0.2, 0) is 4.79 Å². The normalized spacial score (nSPS) is 14.1. The molecule has 1 amide bonds. The van der Waals surface area contributed by atoms with Gasteiger partial charge in [0, 0.05) is 11.4 Å². The van der Waals surface area contributed by atoms with Gasteiger partial charge in [-0.05, 0) is 36.4 Å². The standard InChI is InChI=1S/C18H11ClFN5O3/c19-11-6-9(1-3-12(11)20)24-15-14-10(17(26)25-16(14)22-7-21-15)5-8-2-4-13(23-8)18(27)28/h1-7,23H,(H,27,28)(H2,21,22,24,25,26)/b10-5-. The summed E-state index contributed by atoms with van der Waals surface area (Å²) in [5, 5.41) is 14.6. The minimum absolute atomic E-state index is 0.00547. The second-order valence-electron chi connectivity index (χ2n) is 5.84. The molecule has 10 heteroatoms. The molecule has 1 aliphatic rings. The van der Waals surface area contributed by atoms with Crippen LogP contribution in [0.3, 0.4) is 0 Å². The van der Waals surface area contributed by atoms with E-state index >= 15 is 0 Å². The highest BCUT2D eigenvalue weighted by molar-refractivity contribution is 6.35. The Labute approximate surface area is 162 Å². The molecule has 0 atom stereocenters. The molecule has 0 saturated heterocycles. The maximum atomic E-state index is 13.4. The van der Waals surface area contributed by atoms with Crippen LogP contribution in [0.4, 0.5) is 21.7 Å². The van der Waals surface area contributed by atoms with E-state index in [1.807, 2.05) is 0 Å². The van der Waals surface area contributed by atoms with Gasteiger partial charge >= 0.3 is 5.97 Å². The molecule has 8 nitrogen and oxygen atoms in total. The smallest absolute Gasteiger partial charge is 0.352 e. The minimum Gasteiger partial charge on any atom is -0.477 e. The van der Waals surface area contributed by atoms with E-state index in [0.717, 1.165) is 0 Å². The highest BCUT2D eigenvalue weighted by atomic mass is 35.5. The first-order chi connectivity index (χ1) is 13.4. The zero-order chi connectivity index (χ0) is 19.8. The summed E-state index contributed by atoms with van der Waals surface area (Å²) in [6, 6.07) is 7.01. The Hall–Kier alpha value is -3.72. The van der Waals surface area contributed by atoms with Gasteiger partial charge in [-0.3, -0.25) is 4.79 Å². The summed E-state index contributed by atoms with van der Waals surface area (Å²) in [6.45, 7) is 0. The lowest BCUT2D eigenvalue weighted by Gasteiger charge is -2.10. The van der Waals surface area contributed by atoms with Crippen molar-refractivity contribution in [2.75, 3.05) is 10.6 Å². The maximum Gasteiger partial charge on any atom is 0.352 e. The Morgan fingerprint density at radius 3 is 2.79 bits per heavy atom. The molecule has 0 bridgehead atoms. The van der Waals surface area contributed by atoms with E-state index in [1.54, 1.807) is 6.07 Å². The number of nitrogens with zero attached hydrogens (tertiary/aromatic N) is 2. The van der Waals surface area contributed by atoms with Gasteiger partial charge in [0.05, 0.1) is 16.2 Å². The molecule has 3 heterocycles. The average Bonchev–Trinajstić information content (AvgIpc) is 3.24. The molecule has 4 rings (SSSR count). The van der Waals surface area contributed by atoms with Crippen molar-refractivity contribution < 1.29 is 19.1 Å². The highest BCUT2D eigenvalue weighted by Crippen LogP contribution is 2.37. The van der Waals surface area contributed by atoms with Crippen LogP contribution >= 0.6 is 11.6 Å². The first kappa shape index (κ1) is 17.7. The predicted molar refractivity (Wildman–Crippen MR) is 101 cm³/mol. The number of aromatic amines is 1. The summed E-state index contributed by atoms with van der Waals surface area (Å²) in [5.41, 5.74) is 1.53. The number of rotatable bonds is 4. The van der Waals surface area contributed by atoms with Gasteiger partial charge in [0.15, 0.2) is 0 Å². The number of halogens is 2. The van der Waals surface area contributed by atoms with Gasteiger partial charge in [0.2, 0.25) is 0 Å². The summed E-state index contributed by atoms with van der Waals surface area (Å²) in [6.07, 6.45) is 2.77. The lowest BCUT2D eigenvalue weighted by molar-refractivity contribution is -0.110. The first-order valence-electron chi connectivity index (χ1n) is 7.95. The van der Waals surface area contributed by atoms with Crippen molar-refractivity contribution in [1.29, 1.82) is 0 Å². The molecule has 0 unspecified atom stereocenters. The number of carbonyl (C=O) groups is 2. The number of carboxylic acids is 1. The molecule has 0 fully saturated rings. The lowest BCUT2D eigenvalue weighted by Crippen LogP contribution is -2.04. The van der Waals surface area contributed by atoms with Crippen LogP contribution in [0.2, 0.25) is 5.02 Å². The highest BCUT2D eigenvalue weighted by Gasteiger charge is 2.29. The quantitative estimate of drug-likeness (QED) is 0.498. The summed E-state index contributed by atoms with van der Waals surface area (Å²) in [7, 11) is 0. The molecular formula is C18H11ClFN5O3. The van der Waals surface area contributed by atoms with Crippen molar-refractivity contribution in [3.8, 4) is 0 Å². The number of benzene rings is 1. The van der Waals surface area contributed by atoms with Gasteiger partial charge in [-0.1, -0.05) is 11.6 Å². The Bertz CT molecular complexity index is 1160. The number of anilines is 3. The van der Waals surface area contributed by atoms with Gasteiger partial charge in [-0.25, -0.2) is 19.2 Å². The average molecular weight is 400 g/mol. The molecule has 28 heavy (non-hydrogen) atoms. The first-order valence-corrected chi connectivity index (χ1v) is 8.33. The van der Waals surface area contributed by atoms with E-state index in [2.05, 4.69) is 25.6 Å². The second-order valence-corrected chi connectivity index (χ2v) is 6.25. The zero-order valence-corrected chi connectivity index (χ0v) is 14.7. The monoisotopic (exact) mass is 399 g/mol. The largest absolute Gasteiger partial charge is 0.477 e. The van der Waals surface area contributed by atoms with Gasteiger partial charge in [0.25, 0.3) is 5.91 Å². The molecule has 0 saturated carbocycles. The fraction of sp³-hybridized carbons (Fsp3) is 0. The van der Waals surface area contributed by atoms with Gasteiger partial charge in [0.1, 0.15) is 29.5 Å². The van der Waals surface area contributed by atoms with Gasteiger partial charge < -0.3 is 20.7 Å². The molecule has 0 spiro atoms. The Balaban J connectivity index is 1.75. The zero-order valence-electron chi connectivity index (χ0n) is 14.0. The number of hydrogen-bond acceptors (Lipinski definition) is 5. The fourth-order valence-electron chi connectivity index (χ4n) is 2.74. The number of aromatic carboxylic acids is 1. The number of H-pyrrole nitrogens is 1. The number of aromatic nitrogens is 3. The third-order valence-electron chi connectivity index (χ3n) is 4.01. The van der Waals surface area contributed by atoms with Crippen LogP contribution in [0.5, 0.6) is 0 Å². The van der Waals surface area contributed by atoms with Crippen LogP contribution in [0.15, 0.2) is 36.7 Å². The van der Waals surface area contributed by atoms with Crippen LogP contribution in [0.1, 0.15) is 21.7 Å². The molecule has 1 aliphatic heterocycles. The third kappa shape index (κ3) is 3.19. The Kier molecular flexibility index (Phi) is 4.28. The van der Waals surface area contributed by atoms with Crippen molar-refractivity contribution in [2.24, 2.45) is 0 Å². The molecule has 1 aromatic carbocycles. The maximum absolute atomic E-state index is 13.4. The molecule has 0 radical (unpaired) electrons. The van der Waals surface area contributed by atoms with Gasteiger partial charge in [-0.2, -0.15) is 0 Å². The number of amides is 1. The van der Waals surface area contributed by atoms with Crippen molar-refractivity contribution in [1.82, 2.24) is 15.0 Å². The molecule has 4 N–H and O–H groups in total. The van der Waals surface area contributed by atoms with E-state index in [9.17, 15) is 14.0 Å². The lowest BCUT2D eigenvalue weighted by atomic mass is 10.1. The van der Waals surface area contributed by atoms with Crippen LogP contribution in [0, 0.1) is 5.82 Å². The van der Waals surface area contributed by atoms with E-state index in [0.29, 0.717) is 28.6 Å². The van der Waals surface area contributed by atoms with Crippen LogP contribution < -0.4 is 10.6 Å². The van der Waals surface area contributed by atoms with E-state index in [-0.39, 0.29) is 16.3 Å². The predicted octanol–water partition coefficient (Wildman–Crippen LogP) is 3.53. The van der Waals surface area contributed by atoms with E-state index in [1.165, 1.54) is 36.7 Å². The van der Waals surface area contributed by atoms with E-state index < -0.39 is 17.7 Å². The molecule has 3 aromatic rings. The molecular weight excluding hydrogens is 389 g/mol. The number of fused-ring (bicyclic) bond motifs is 1. The summed E-state index contributed by atoms with van der Waals surface area (Å²) in [4.78, 5) is 34.3. The van der Waals surface area contributed by atoms with Crippen LogP contribution in [0.25, 0.3) is 11.6 Å². The molecule has 140 valence electrons. The summed E-state index contributed by atoms with van der Waals surface area (Å²) in [5.74, 6) is -1.48. The fourth-order valence-corrected chi connectivity index (χ4v) is 2.92. The van der Waals surface area contributed by atoms with E-state index in [4.69, 9.17) is 16.7 Å². The summed E-state index contributed by atoms with van der Waals surface area (Å²) < 4.78 is 13.4. The van der Waals surface area contributed by atoms with Crippen molar-refractivity contribution >= 4 is 52.4 Å².